The molecule has 0 bridgehead atoms. The van der Waals surface area contributed by atoms with E-state index >= 15 is 0 Å². The Bertz CT molecular complexity index is 1080. The third-order valence-electron chi connectivity index (χ3n) is 5.69. The van der Waals surface area contributed by atoms with Gasteiger partial charge in [-0.15, -0.1) is 0 Å². The highest BCUT2D eigenvalue weighted by molar-refractivity contribution is 6.05. The second-order valence-electron chi connectivity index (χ2n) is 7.90. The minimum atomic E-state index is -1.74. The van der Waals surface area contributed by atoms with Gasteiger partial charge in [0, 0.05) is 42.1 Å². The number of anilines is 2. The molecule has 2 aliphatic rings. The molecule has 2 heterocycles. The van der Waals surface area contributed by atoms with E-state index in [4.69, 9.17) is 15.9 Å². The lowest BCUT2D eigenvalue weighted by atomic mass is 10.1. The molecule has 0 radical (unpaired) electrons. The van der Waals surface area contributed by atoms with Crippen LogP contribution >= 0.6 is 0 Å². The molecule has 2 saturated heterocycles. The second kappa shape index (κ2) is 9.39. The molecule has 2 atom stereocenters. The third kappa shape index (κ3) is 4.71. The van der Waals surface area contributed by atoms with Crippen molar-refractivity contribution in [3.8, 4) is 0 Å². The van der Waals surface area contributed by atoms with Crippen LogP contribution in [0.25, 0.3) is 0 Å². The number of hydrogen-bond donors (Lipinski definition) is 4. The fourth-order valence-corrected chi connectivity index (χ4v) is 3.68. The summed E-state index contributed by atoms with van der Waals surface area (Å²) < 4.78 is 5.43. The summed E-state index contributed by atoms with van der Waals surface area (Å²) >= 11 is 0. The standard InChI is InChI=1S/C23H25N5O5/c24-20(25)14-5-7-16(8-6-14)26-21(30)18(29)19-23(32)28(11-12-33-19)17-4-1-3-15(13-17)22(31)27-9-2-10-27/h1,3-8,13,18-19,29H,2,9-12H2,(H3,24,25)(H,26,30)/t18-,19-/m1/s1. The SMILES string of the molecule is N=C(N)c1ccc(NC(=O)[C@H](O)[C@H]2OCCN(c3cccc(C(=O)N4CCC4)c3)C2=O)cc1. The number of nitrogens with zero attached hydrogens (tertiary/aromatic N) is 2. The van der Waals surface area contributed by atoms with Gasteiger partial charge in [-0.05, 0) is 48.9 Å². The molecule has 5 N–H and O–H groups in total. The van der Waals surface area contributed by atoms with Crippen LogP contribution in [0.4, 0.5) is 11.4 Å². The van der Waals surface area contributed by atoms with Gasteiger partial charge in [-0.1, -0.05) is 6.07 Å². The van der Waals surface area contributed by atoms with Gasteiger partial charge in [0.05, 0.1) is 6.61 Å². The molecule has 2 fully saturated rings. The summed E-state index contributed by atoms with van der Waals surface area (Å²) in [5.41, 5.74) is 7.27. The molecule has 0 aliphatic carbocycles. The molecule has 2 aliphatic heterocycles. The van der Waals surface area contributed by atoms with Crippen LogP contribution in [0, 0.1) is 5.41 Å². The van der Waals surface area contributed by atoms with Crippen LogP contribution in [0.5, 0.6) is 0 Å². The number of aliphatic hydroxyl groups is 1. The van der Waals surface area contributed by atoms with E-state index in [0.717, 1.165) is 19.5 Å². The third-order valence-corrected chi connectivity index (χ3v) is 5.69. The van der Waals surface area contributed by atoms with Crippen molar-refractivity contribution in [2.75, 3.05) is 36.5 Å². The molecule has 10 heteroatoms. The summed E-state index contributed by atoms with van der Waals surface area (Å²) in [6, 6.07) is 12.9. The number of likely N-dealkylation sites (tertiary alicyclic amines) is 1. The first-order valence-corrected chi connectivity index (χ1v) is 10.6. The van der Waals surface area contributed by atoms with Crippen molar-refractivity contribution in [3.05, 3.63) is 59.7 Å². The van der Waals surface area contributed by atoms with Gasteiger partial charge in [0.15, 0.2) is 12.2 Å². The Morgan fingerprint density at radius 2 is 1.85 bits per heavy atom. The maximum Gasteiger partial charge on any atom is 0.259 e. The average Bonchev–Trinajstić information content (AvgIpc) is 2.78. The number of rotatable bonds is 6. The molecule has 0 unspecified atom stereocenters. The number of amidine groups is 1. The van der Waals surface area contributed by atoms with E-state index in [-0.39, 0.29) is 24.9 Å². The Balaban J connectivity index is 1.45. The molecular weight excluding hydrogens is 426 g/mol. The van der Waals surface area contributed by atoms with E-state index in [9.17, 15) is 19.5 Å². The summed E-state index contributed by atoms with van der Waals surface area (Å²) in [7, 11) is 0. The zero-order valence-corrected chi connectivity index (χ0v) is 17.9. The van der Waals surface area contributed by atoms with Gasteiger partial charge in [0.1, 0.15) is 5.84 Å². The van der Waals surface area contributed by atoms with Gasteiger partial charge in [-0.25, -0.2) is 0 Å². The number of carbonyl (C=O) groups is 3. The van der Waals surface area contributed by atoms with E-state index < -0.39 is 24.0 Å². The van der Waals surface area contributed by atoms with Gasteiger partial charge in [0.2, 0.25) is 0 Å². The number of nitrogens with two attached hydrogens (primary N) is 1. The maximum atomic E-state index is 13.1. The van der Waals surface area contributed by atoms with E-state index in [1.54, 1.807) is 41.3 Å². The Labute approximate surface area is 190 Å². The topological polar surface area (TPSA) is 149 Å². The lowest BCUT2D eigenvalue weighted by molar-refractivity contribution is -0.150. The van der Waals surface area contributed by atoms with Gasteiger partial charge >= 0.3 is 0 Å². The summed E-state index contributed by atoms with van der Waals surface area (Å²) in [6.07, 6.45) is -2.14. The van der Waals surface area contributed by atoms with Gasteiger partial charge in [0.25, 0.3) is 17.7 Å². The molecule has 0 aromatic heterocycles. The molecule has 33 heavy (non-hydrogen) atoms. The van der Waals surface area contributed by atoms with E-state index in [0.29, 0.717) is 22.5 Å². The molecule has 172 valence electrons. The predicted molar refractivity (Wildman–Crippen MR) is 121 cm³/mol. The van der Waals surface area contributed by atoms with Crippen molar-refractivity contribution < 1.29 is 24.2 Å². The van der Waals surface area contributed by atoms with Crippen LogP contribution in [-0.2, 0) is 14.3 Å². The fraction of sp³-hybridized carbons (Fsp3) is 0.304. The largest absolute Gasteiger partial charge is 0.384 e. The minimum absolute atomic E-state index is 0.0874. The maximum absolute atomic E-state index is 13.1. The van der Waals surface area contributed by atoms with Crippen molar-refractivity contribution in [2.45, 2.75) is 18.6 Å². The number of nitrogens with one attached hydrogen (secondary N) is 2. The zero-order chi connectivity index (χ0) is 23.5. The molecule has 10 nitrogen and oxygen atoms in total. The summed E-state index contributed by atoms with van der Waals surface area (Å²) in [4.78, 5) is 41.3. The number of carbonyl (C=O) groups excluding carboxylic acids is 3. The first-order chi connectivity index (χ1) is 15.8. The smallest absolute Gasteiger partial charge is 0.259 e. The zero-order valence-electron chi connectivity index (χ0n) is 17.9. The molecule has 0 saturated carbocycles. The minimum Gasteiger partial charge on any atom is -0.384 e. The van der Waals surface area contributed by atoms with Crippen LogP contribution in [0.15, 0.2) is 48.5 Å². The first kappa shape index (κ1) is 22.4. The molecule has 3 amide bonds. The molecular formula is C23H25N5O5. The van der Waals surface area contributed by atoms with Crippen LogP contribution in [-0.4, -0.2) is 72.0 Å². The quantitative estimate of drug-likeness (QED) is 0.372. The number of aliphatic hydroxyl groups excluding tert-OH is 1. The van der Waals surface area contributed by atoms with E-state index in [2.05, 4.69) is 5.32 Å². The van der Waals surface area contributed by atoms with Crippen molar-refractivity contribution in [2.24, 2.45) is 5.73 Å². The van der Waals surface area contributed by atoms with Crippen LogP contribution < -0.4 is 16.0 Å². The predicted octanol–water partition coefficient (Wildman–Crippen LogP) is 0.548. The highest BCUT2D eigenvalue weighted by Gasteiger charge is 2.39. The highest BCUT2D eigenvalue weighted by atomic mass is 16.5. The Morgan fingerprint density at radius 3 is 2.48 bits per heavy atom. The monoisotopic (exact) mass is 451 g/mol. The highest BCUT2D eigenvalue weighted by Crippen LogP contribution is 2.23. The number of benzene rings is 2. The van der Waals surface area contributed by atoms with Gasteiger partial charge in [-0.3, -0.25) is 19.8 Å². The van der Waals surface area contributed by atoms with Crippen molar-refractivity contribution >= 4 is 34.9 Å². The Kier molecular flexibility index (Phi) is 6.38. The number of ether oxygens (including phenoxy) is 1. The van der Waals surface area contributed by atoms with E-state index in [1.807, 2.05) is 0 Å². The number of amides is 3. The number of hydrogen-bond acceptors (Lipinski definition) is 6. The molecule has 0 spiro atoms. The Hall–Kier alpha value is -3.76. The number of nitrogen functional groups attached to an aromatic ring is 1. The van der Waals surface area contributed by atoms with Crippen LogP contribution in [0.2, 0.25) is 0 Å². The van der Waals surface area contributed by atoms with Crippen LogP contribution in [0.1, 0.15) is 22.3 Å². The van der Waals surface area contributed by atoms with Gasteiger partial charge < -0.3 is 30.7 Å². The second-order valence-corrected chi connectivity index (χ2v) is 7.90. The summed E-state index contributed by atoms with van der Waals surface area (Å²) in [5, 5.41) is 20.5. The first-order valence-electron chi connectivity index (χ1n) is 10.6. The Morgan fingerprint density at radius 1 is 1.12 bits per heavy atom. The van der Waals surface area contributed by atoms with Crippen molar-refractivity contribution in [1.29, 1.82) is 5.41 Å². The molecule has 4 rings (SSSR count). The van der Waals surface area contributed by atoms with Gasteiger partial charge in [-0.2, -0.15) is 0 Å². The summed E-state index contributed by atoms with van der Waals surface area (Å²) in [5.74, 6) is -1.56. The lowest BCUT2D eigenvalue weighted by Crippen LogP contribution is -2.55. The number of morpholine rings is 1. The summed E-state index contributed by atoms with van der Waals surface area (Å²) in [6.45, 7) is 1.80. The van der Waals surface area contributed by atoms with E-state index in [1.165, 1.54) is 17.0 Å². The molecule has 2 aromatic carbocycles. The fourth-order valence-electron chi connectivity index (χ4n) is 3.68. The van der Waals surface area contributed by atoms with Crippen LogP contribution in [0.3, 0.4) is 0 Å². The van der Waals surface area contributed by atoms with Crippen molar-refractivity contribution in [3.63, 3.8) is 0 Å². The normalized spacial score (nSPS) is 18.9. The molecule has 2 aromatic rings. The lowest BCUT2D eigenvalue weighted by Gasteiger charge is -2.34. The average molecular weight is 451 g/mol. The van der Waals surface area contributed by atoms with Crippen molar-refractivity contribution in [1.82, 2.24) is 4.90 Å².